The number of carbonyl (C=O) groups is 1. The lowest BCUT2D eigenvalue weighted by Gasteiger charge is -2.20. The molecule has 0 saturated heterocycles. The Balaban J connectivity index is 1.78. The number of aliphatic hydroxyl groups excluding tert-OH is 1. The van der Waals surface area contributed by atoms with Crippen molar-refractivity contribution in [2.45, 2.75) is 39.3 Å². The van der Waals surface area contributed by atoms with E-state index in [-0.39, 0.29) is 18.5 Å². The Morgan fingerprint density at radius 1 is 1.27 bits per heavy atom. The van der Waals surface area contributed by atoms with Crippen LogP contribution in [0.3, 0.4) is 0 Å². The maximum absolute atomic E-state index is 11.8. The van der Waals surface area contributed by atoms with Crippen molar-refractivity contribution < 1.29 is 9.90 Å². The Labute approximate surface area is 134 Å². The average Bonchev–Trinajstić information content (AvgIpc) is 2.95. The van der Waals surface area contributed by atoms with Gasteiger partial charge < -0.3 is 15.7 Å². The van der Waals surface area contributed by atoms with E-state index in [1.807, 2.05) is 38.1 Å². The van der Waals surface area contributed by atoms with Crippen LogP contribution in [0.4, 0.5) is 4.79 Å². The predicted octanol–water partition coefficient (Wildman–Crippen LogP) is 2.89. The Kier molecular flexibility index (Phi) is 6.15. The number of aromatic nitrogens is 1. The number of nitrogens with zero attached hydrogens (tertiary/aromatic N) is 1. The molecule has 1 aromatic carbocycles. The van der Waals surface area contributed by atoms with Gasteiger partial charge in [0.1, 0.15) is 5.01 Å². The summed E-state index contributed by atoms with van der Waals surface area (Å²) in [5.74, 6) is 0.226. The molecule has 0 bridgehead atoms. The van der Waals surface area contributed by atoms with E-state index in [4.69, 9.17) is 0 Å². The monoisotopic (exact) mass is 321 g/mol. The molecule has 1 unspecified atom stereocenters. The summed E-state index contributed by atoms with van der Waals surface area (Å²) < 4.78 is 1.11. The van der Waals surface area contributed by atoms with E-state index in [1.54, 1.807) is 11.3 Å². The molecule has 0 spiro atoms. The van der Waals surface area contributed by atoms with Gasteiger partial charge in [-0.05, 0) is 18.1 Å². The number of carbonyl (C=O) groups excluding carboxylic acids is 1. The molecule has 0 fully saturated rings. The van der Waals surface area contributed by atoms with E-state index < -0.39 is 6.10 Å². The highest BCUT2D eigenvalue weighted by atomic mass is 32.1. The molecule has 1 atom stereocenters. The number of thiazole rings is 1. The quantitative estimate of drug-likeness (QED) is 0.734. The van der Waals surface area contributed by atoms with Gasteiger partial charge in [-0.1, -0.05) is 38.8 Å². The molecule has 2 amide bonds. The highest BCUT2D eigenvalue weighted by Gasteiger charge is 2.16. The first-order valence-corrected chi connectivity index (χ1v) is 8.49. The minimum atomic E-state index is -0.497. The van der Waals surface area contributed by atoms with E-state index >= 15 is 0 Å². The predicted molar refractivity (Wildman–Crippen MR) is 89.9 cm³/mol. The minimum Gasteiger partial charge on any atom is -0.391 e. The molecule has 0 aliphatic heterocycles. The zero-order valence-corrected chi connectivity index (χ0v) is 13.8. The number of aliphatic hydroxyl groups is 1. The number of benzene rings is 1. The standard InChI is InChI=1S/C16H23N3O2S/c1-3-11(4-2)13(20)9-17-16(21)18-10-15-19-12-7-5-6-8-14(12)22-15/h5-8,11,13,20H,3-4,9-10H2,1-2H3,(H2,17,18,21). The molecule has 0 radical (unpaired) electrons. The first-order chi connectivity index (χ1) is 10.6. The van der Waals surface area contributed by atoms with Gasteiger partial charge in [0.2, 0.25) is 0 Å². The van der Waals surface area contributed by atoms with Gasteiger partial charge in [-0.3, -0.25) is 0 Å². The van der Waals surface area contributed by atoms with E-state index in [0.717, 1.165) is 28.1 Å². The second-order valence-corrected chi connectivity index (χ2v) is 6.40. The lowest BCUT2D eigenvalue weighted by atomic mass is 9.97. The summed E-state index contributed by atoms with van der Waals surface area (Å²) in [5.41, 5.74) is 0.953. The molecular weight excluding hydrogens is 298 g/mol. The molecule has 0 saturated carbocycles. The molecule has 0 aliphatic rings. The van der Waals surface area contributed by atoms with E-state index in [0.29, 0.717) is 6.54 Å². The van der Waals surface area contributed by atoms with Gasteiger partial charge in [-0.15, -0.1) is 11.3 Å². The van der Waals surface area contributed by atoms with Crippen LogP contribution in [-0.4, -0.2) is 28.8 Å². The molecule has 1 aromatic heterocycles. The third-order valence-corrected chi connectivity index (χ3v) is 4.84. The van der Waals surface area contributed by atoms with E-state index in [1.165, 1.54) is 0 Å². The van der Waals surface area contributed by atoms with Crippen molar-refractivity contribution in [3.05, 3.63) is 29.3 Å². The highest BCUT2D eigenvalue weighted by Crippen LogP contribution is 2.21. The van der Waals surface area contributed by atoms with Gasteiger partial charge in [-0.25, -0.2) is 9.78 Å². The molecule has 2 aromatic rings. The third kappa shape index (κ3) is 4.42. The fourth-order valence-corrected chi connectivity index (χ4v) is 3.32. The van der Waals surface area contributed by atoms with Crippen molar-refractivity contribution in [2.75, 3.05) is 6.54 Å². The summed E-state index contributed by atoms with van der Waals surface area (Å²) in [7, 11) is 0. The maximum atomic E-state index is 11.8. The van der Waals surface area contributed by atoms with Crippen molar-refractivity contribution in [1.29, 1.82) is 0 Å². The highest BCUT2D eigenvalue weighted by molar-refractivity contribution is 7.18. The van der Waals surface area contributed by atoms with Crippen molar-refractivity contribution >= 4 is 27.6 Å². The summed E-state index contributed by atoms with van der Waals surface area (Å²) in [6.07, 6.45) is 1.32. The largest absolute Gasteiger partial charge is 0.391 e. The number of fused-ring (bicyclic) bond motifs is 1. The van der Waals surface area contributed by atoms with E-state index in [9.17, 15) is 9.90 Å². The number of urea groups is 1. The Morgan fingerprint density at radius 2 is 2.00 bits per heavy atom. The first-order valence-electron chi connectivity index (χ1n) is 7.68. The van der Waals surface area contributed by atoms with Crippen molar-refractivity contribution in [1.82, 2.24) is 15.6 Å². The Morgan fingerprint density at radius 3 is 2.68 bits per heavy atom. The van der Waals surface area contributed by atoms with Gasteiger partial charge in [-0.2, -0.15) is 0 Å². The normalized spacial score (nSPS) is 12.5. The Hall–Kier alpha value is -1.66. The van der Waals surface area contributed by atoms with Crippen molar-refractivity contribution in [3.8, 4) is 0 Å². The zero-order valence-electron chi connectivity index (χ0n) is 13.0. The van der Waals surface area contributed by atoms with Crippen LogP contribution < -0.4 is 10.6 Å². The van der Waals surface area contributed by atoms with Crippen LogP contribution >= 0.6 is 11.3 Å². The topological polar surface area (TPSA) is 74.2 Å². The number of hydrogen-bond acceptors (Lipinski definition) is 4. The number of hydrogen-bond donors (Lipinski definition) is 3. The number of para-hydroxylation sites is 1. The smallest absolute Gasteiger partial charge is 0.315 e. The molecule has 120 valence electrons. The van der Waals surface area contributed by atoms with Gasteiger partial charge in [0.25, 0.3) is 0 Å². The summed E-state index contributed by atoms with van der Waals surface area (Å²) in [4.78, 5) is 16.2. The lowest BCUT2D eigenvalue weighted by Crippen LogP contribution is -2.41. The van der Waals surface area contributed by atoms with Crippen LogP contribution in [0.25, 0.3) is 10.2 Å². The van der Waals surface area contributed by atoms with Crippen LogP contribution in [0.5, 0.6) is 0 Å². The zero-order chi connectivity index (χ0) is 15.9. The van der Waals surface area contributed by atoms with Crippen molar-refractivity contribution in [2.24, 2.45) is 5.92 Å². The maximum Gasteiger partial charge on any atom is 0.315 e. The van der Waals surface area contributed by atoms with Crippen LogP contribution in [0, 0.1) is 5.92 Å². The second-order valence-electron chi connectivity index (χ2n) is 5.28. The molecule has 5 nitrogen and oxygen atoms in total. The molecule has 2 rings (SSSR count). The number of amides is 2. The van der Waals surface area contributed by atoms with Gasteiger partial charge >= 0.3 is 6.03 Å². The van der Waals surface area contributed by atoms with Crippen LogP contribution in [0.1, 0.15) is 31.7 Å². The lowest BCUT2D eigenvalue weighted by molar-refractivity contribution is 0.103. The SMILES string of the molecule is CCC(CC)C(O)CNC(=O)NCc1nc2ccccc2s1. The second kappa shape index (κ2) is 8.10. The summed E-state index contributed by atoms with van der Waals surface area (Å²) in [5, 5.41) is 16.3. The van der Waals surface area contributed by atoms with Gasteiger partial charge in [0.05, 0.1) is 22.9 Å². The average molecular weight is 321 g/mol. The molecule has 22 heavy (non-hydrogen) atoms. The minimum absolute atomic E-state index is 0.226. The van der Waals surface area contributed by atoms with Crippen LogP contribution in [-0.2, 0) is 6.54 Å². The van der Waals surface area contributed by atoms with Crippen LogP contribution in [0.2, 0.25) is 0 Å². The molecule has 1 heterocycles. The summed E-state index contributed by atoms with van der Waals surface area (Å²) >= 11 is 1.57. The van der Waals surface area contributed by atoms with Crippen molar-refractivity contribution in [3.63, 3.8) is 0 Å². The third-order valence-electron chi connectivity index (χ3n) is 3.80. The fraction of sp³-hybridized carbons (Fsp3) is 0.500. The molecular formula is C16H23N3O2S. The summed E-state index contributed by atoms with van der Waals surface area (Å²) in [6, 6.07) is 7.63. The first kappa shape index (κ1) is 16.7. The van der Waals surface area contributed by atoms with Gasteiger partial charge in [0.15, 0.2) is 0 Å². The summed E-state index contributed by atoms with van der Waals surface area (Å²) in [6.45, 7) is 4.76. The van der Waals surface area contributed by atoms with E-state index in [2.05, 4.69) is 15.6 Å². The Bertz CT molecular complexity index is 577. The fourth-order valence-electron chi connectivity index (χ4n) is 2.41. The van der Waals surface area contributed by atoms with Crippen LogP contribution in [0.15, 0.2) is 24.3 Å². The number of nitrogens with one attached hydrogen (secondary N) is 2. The molecule has 0 aliphatic carbocycles. The van der Waals surface area contributed by atoms with Gasteiger partial charge in [0, 0.05) is 6.54 Å². The molecule has 3 N–H and O–H groups in total. The number of rotatable bonds is 7. The molecule has 6 heteroatoms.